The summed E-state index contributed by atoms with van der Waals surface area (Å²) in [5.41, 5.74) is 0. The number of nitrogens with zero attached hydrogens (tertiary/aromatic N) is 2. The zero-order chi connectivity index (χ0) is 10.3. The number of piperidine rings is 2. The van der Waals surface area contributed by atoms with Crippen LogP contribution in [0.15, 0.2) is 0 Å². The molecule has 3 aliphatic rings. The summed E-state index contributed by atoms with van der Waals surface area (Å²) in [6.45, 7) is 4.07. The van der Waals surface area contributed by atoms with Gasteiger partial charge in [-0.25, -0.2) is 0 Å². The average molecular weight is 208 g/mol. The van der Waals surface area contributed by atoms with Crippen LogP contribution in [0.2, 0.25) is 0 Å². The number of likely N-dealkylation sites (tertiary alicyclic amines) is 1. The molecule has 0 saturated carbocycles. The molecule has 2 atom stereocenters. The van der Waals surface area contributed by atoms with Crippen LogP contribution >= 0.6 is 0 Å². The quantitative estimate of drug-likeness (QED) is 0.684. The van der Waals surface area contributed by atoms with Crippen LogP contribution in [0.1, 0.15) is 38.5 Å². The van der Waals surface area contributed by atoms with Gasteiger partial charge in [-0.2, -0.15) is 0 Å². The van der Waals surface area contributed by atoms with Crippen LogP contribution in [0, 0.1) is 5.92 Å². The summed E-state index contributed by atoms with van der Waals surface area (Å²) in [7, 11) is 2.26. The molecule has 2 unspecified atom stereocenters. The van der Waals surface area contributed by atoms with Crippen LogP contribution in [0.5, 0.6) is 0 Å². The van der Waals surface area contributed by atoms with Crippen LogP contribution in [0.3, 0.4) is 0 Å². The molecule has 3 aliphatic heterocycles. The number of fused-ring (bicyclic) bond motifs is 2. The van der Waals surface area contributed by atoms with Crippen LogP contribution < -0.4 is 0 Å². The Balaban J connectivity index is 1.49. The van der Waals surface area contributed by atoms with Crippen molar-refractivity contribution in [1.82, 2.24) is 9.80 Å². The first kappa shape index (κ1) is 10.1. The summed E-state index contributed by atoms with van der Waals surface area (Å²) in [6, 6.07) is 1.98. The Labute approximate surface area is 93.6 Å². The molecule has 2 nitrogen and oxygen atoms in total. The van der Waals surface area contributed by atoms with Crippen molar-refractivity contribution < 1.29 is 0 Å². The molecule has 2 bridgehead atoms. The highest BCUT2D eigenvalue weighted by atomic mass is 15.3. The Kier molecular flexibility index (Phi) is 2.73. The van der Waals surface area contributed by atoms with Gasteiger partial charge in [0, 0.05) is 18.6 Å². The van der Waals surface area contributed by atoms with Crippen molar-refractivity contribution in [1.29, 1.82) is 0 Å². The summed E-state index contributed by atoms with van der Waals surface area (Å²) in [6.07, 6.45) is 8.87. The highest BCUT2D eigenvalue weighted by Gasteiger charge is 2.41. The maximum absolute atomic E-state index is 2.83. The Morgan fingerprint density at radius 2 is 1.67 bits per heavy atom. The molecule has 0 aromatic rings. The average Bonchev–Trinajstić information content (AvgIpc) is 2.29. The van der Waals surface area contributed by atoms with Gasteiger partial charge in [-0.1, -0.05) is 6.42 Å². The van der Waals surface area contributed by atoms with Crippen molar-refractivity contribution in [2.75, 3.05) is 26.7 Å². The van der Waals surface area contributed by atoms with Crippen molar-refractivity contribution in [3.05, 3.63) is 0 Å². The second-order valence-corrected chi connectivity index (χ2v) is 5.92. The summed E-state index contributed by atoms with van der Waals surface area (Å²) in [4.78, 5) is 5.31. The zero-order valence-electron chi connectivity index (χ0n) is 9.99. The van der Waals surface area contributed by atoms with Crippen LogP contribution in [0.4, 0.5) is 0 Å². The van der Waals surface area contributed by atoms with E-state index in [1.165, 1.54) is 58.2 Å². The molecule has 3 fully saturated rings. The first-order valence-corrected chi connectivity index (χ1v) is 6.77. The molecule has 3 heterocycles. The van der Waals surface area contributed by atoms with Gasteiger partial charge in [0.05, 0.1) is 0 Å². The molecule has 0 radical (unpaired) electrons. The lowest BCUT2D eigenvalue weighted by Crippen LogP contribution is -2.60. The third kappa shape index (κ3) is 1.94. The first-order valence-electron chi connectivity index (χ1n) is 6.77. The van der Waals surface area contributed by atoms with Crippen molar-refractivity contribution in [2.24, 2.45) is 5.92 Å². The molecule has 2 heteroatoms. The lowest BCUT2D eigenvalue weighted by molar-refractivity contribution is -0.0433. The van der Waals surface area contributed by atoms with Gasteiger partial charge in [0.1, 0.15) is 0 Å². The molecule has 86 valence electrons. The van der Waals surface area contributed by atoms with E-state index in [-0.39, 0.29) is 0 Å². The third-order valence-corrected chi connectivity index (χ3v) is 4.86. The van der Waals surface area contributed by atoms with Crippen LogP contribution in [-0.2, 0) is 0 Å². The van der Waals surface area contributed by atoms with Crippen molar-refractivity contribution in [2.45, 2.75) is 50.6 Å². The standard InChI is InChI=1S/C13H24N2/c1-14-7-5-11(6-8-14)10-15-12-3-2-4-13(15)9-12/h11-13H,2-10H2,1H3. The number of rotatable bonds is 2. The zero-order valence-corrected chi connectivity index (χ0v) is 9.99. The van der Waals surface area contributed by atoms with E-state index in [0.29, 0.717) is 0 Å². The molecule has 0 aliphatic carbocycles. The second kappa shape index (κ2) is 4.06. The second-order valence-electron chi connectivity index (χ2n) is 5.92. The van der Waals surface area contributed by atoms with E-state index in [9.17, 15) is 0 Å². The number of hydrogen-bond donors (Lipinski definition) is 0. The van der Waals surface area contributed by atoms with Gasteiger partial charge in [-0.05, 0) is 58.2 Å². The molecule has 0 spiro atoms. The largest absolute Gasteiger partial charge is 0.306 e. The summed E-state index contributed by atoms with van der Waals surface area (Å²) in [5.74, 6) is 1.00. The van der Waals surface area contributed by atoms with E-state index in [4.69, 9.17) is 0 Å². The molecule has 3 rings (SSSR count). The predicted octanol–water partition coefficient (Wildman–Crippen LogP) is 1.95. The molecule has 0 amide bonds. The molecule has 0 N–H and O–H groups in total. The monoisotopic (exact) mass is 208 g/mol. The van der Waals surface area contributed by atoms with Gasteiger partial charge >= 0.3 is 0 Å². The van der Waals surface area contributed by atoms with Gasteiger partial charge in [0.25, 0.3) is 0 Å². The Morgan fingerprint density at radius 1 is 1.00 bits per heavy atom. The minimum atomic E-state index is 0.989. The molecule has 15 heavy (non-hydrogen) atoms. The predicted molar refractivity (Wildman–Crippen MR) is 63.0 cm³/mol. The fourth-order valence-electron chi connectivity index (χ4n) is 3.74. The third-order valence-electron chi connectivity index (χ3n) is 4.86. The van der Waals surface area contributed by atoms with Crippen molar-refractivity contribution in [3.8, 4) is 0 Å². The van der Waals surface area contributed by atoms with Crippen LogP contribution in [-0.4, -0.2) is 48.6 Å². The van der Waals surface area contributed by atoms with E-state index >= 15 is 0 Å². The van der Waals surface area contributed by atoms with Crippen LogP contribution in [0.25, 0.3) is 0 Å². The topological polar surface area (TPSA) is 6.48 Å². The smallest absolute Gasteiger partial charge is 0.0113 e. The van der Waals surface area contributed by atoms with Gasteiger partial charge < -0.3 is 4.90 Å². The Hall–Kier alpha value is -0.0800. The van der Waals surface area contributed by atoms with Gasteiger partial charge in [0.2, 0.25) is 0 Å². The minimum Gasteiger partial charge on any atom is -0.306 e. The Morgan fingerprint density at radius 3 is 2.27 bits per heavy atom. The normalized spacial score (nSPS) is 39.0. The molecular weight excluding hydrogens is 184 g/mol. The SMILES string of the molecule is CN1CCC(CN2C3CCCC2C3)CC1. The fraction of sp³-hybridized carbons (Fsp3) is 1.00. The highest BCUT2D eigenvalue weighted by molar-refractivity contribution is 4.97. The van der Waals surface area contributed by atoms with Gasteiger partial charge in [-0.15, -0.1) is 0 Å². The fourth-order valence-corrected chi connectivity index (χ4v) is 3.74. The maximum Gasteiger partial charge on any atom is 0.0113 e. The van der Waals surface area contributed by atoms with E-state index < -0.39 is 0 Å². The molecule has 3 saturated heterocycles. The maximum atomic E-state index is 2.83. The summed E-state index contributed by atoms with van der Waals surface area (Å²) in [5, 5.41) is 0. The van der Waals surface area contributed by atoms with Gasteiger partial charge in [0.15, 0.2) is 0 Å². The van der Waals surface area contributed by atoms with E-state index in [0.717, 1.165) is 18.0 Å². The lowest BCUT2D eigenvalue weighted by Gasteiger charge is -2.54. The van der Waals surface area contributed by atoms with E-state index in [2.05, 4.69) is 16.8 Å². The van der Waals surface area contributed by atoms with E-state index in [1.807, 2.05) is 0 Å². The van der Waals surface area contributed by atoms with Crippen molar-refractivity contribution >= 4 is 0 Å². The summed E-state index contributed by atoms with van der Waals surface area (Å²) >= 11 is 0. The summed E-state index contributed by atoms with van der Waals surface area (Å²) < 4.78 is 0. The lowest BCUT2D eigenvalue weighted by atomic mass is 9.78. The van der Waals surface area contributed by atoms with Crippen molar-refractivity contribution in [3.63, 3.8) is 0 Å². The number of hydrogen-bond acceptors (Lipinski definition) is 2. The Bertz CT molecular complexity index is 207. The first-order chi connectivity index (χ1) is 7.33. The minimum absolute atomic E-state index is 0.989. The highest BCUT2D eigenvalue weighted by Crippen LogP contribution is 2.39. The molecule has 0 aromatic carbocycles. The van der Waals surface area contributed by atoms with E-state index in [1.54, 1.807) is 0 Å². The molecule has 0 aromatic heterocycles. The van der Waals surface area contributed by atoms with Gasteiger partial charge in [-0.3, -0.25) is 4.90 Å². The molecular formula is C13H24N2.